The van der Waals surface area contributed by atoms with E-state index < -0.39 is 29.9 Å². The van der Waals surface area contributed by atoms with Crippen molar-refractivity contribution in [3.63, 3.8) is 0 Å². The second kappa shape index (κ2) is 7.06. The maximum Gasteiger partial charge on any atom is 0.325 e. The van der Waals surface area contributed by atoms with Crippen molar-refractivity contribution in [1.29, 1.82) is 0 Å². The van der Waals surface area contributed by atoms with Crippen LogP contribution in [0.4, 0.5) is 10.6 Å². The van der Waals surface area contributed by atoms with Gasteiger partial charge in [-0.1, -0.05) is 12.1 Å². The number of carbonyl (C=O) groups excluding carboxylic acids is 3. The van der Waals surface area contributed by atoms with Gasteiger partial charge in [0.15, 0.2) is 0 Å². The van der Waals surface area contributed by atoms with Gasteiger partial charge in [0.2, 0.25) is 5.91 Å². The molecule has 1 aliphatic heterocycles. The summed E-state index contributed by atoms with van der Waals surface area (Å²) >= 11 is 0. The first-order valence-corrected chi connectivity index (χ1v) is 8.34. The van der Waals surface area contributed by atoms with Crippen LogP contribution in [0.25, 0.3) is 0 Å². The number of aromatic nitrogens is 1. The van der Waals surface area contributed by atoms with Crippen LogP contribution in [0.15, 0.2) is 42.6 Å². The lowest BCUT2D eigenvalue weighted by atomic mass is 9.92. The Balaban J connectivity index is 1.74. The number of carbonyl (C=O) groups is 3. The number of ether oxygens (including phenoxy) is 1. The van der Waals surface area contributed by atoms with E-state index in [9.17, 15) is 14.4 Å². The highest BCUT2D eigenvalue weighted by molar-refractivity contribution is 6.10. The molecule has 0 unspecified atom stereocenters. The van der Waals surface area contributed by atoms with Crippen molar-refractivity contribution in [2.45, 2.75) is 19.4 Å². The van der Waals surface area contributed by atoms with E-state index in [1.165, 1.54) is 0 Å². The zero-order valence-electron chi connectivity index (χ0n) is 15.3. The number of nitrogens with one attached hydrogen (secondary N) is 2. The minimum absolute atomic E-state index is 0.366. The molecule has 0 radical (unpaired) electrons. The van der Waals surface area contributed by atoms with Gasteiger partial charge in [0.25, 0.3) is 5.91 Å². The van der Waals surface area contributed by atoms with Crippen LogP contribution < -0.4 is 15.4 Å². The molecule has 1 aromatic carbocycles. The van der Waals surface area contributed by atoms with Gasteiger partial charge in [-0.3, -0.25) is 14.5 Å². The lowest BCUT2D eigenvalue weighted by Gasteiger charge is -2.22. The second-order valence-corrected chi connectivity index (χ2v) is 6.44. The van der Waals surface area contributed by atoms with Crippen LogP contribution in [0.5, 0.6) is 5.75 Å². The molecule has 1 aliphatic rings. The minimum atomic E-state index is -1.24. The van der Waals surface area contributed by atoms with Crippen LogP contribution in [0.3, 0.4) is 0 Å². The third kappa shape index (κ3) is 3.59. The summed E-state index contributed by atoms with van der Waals surface area (Å²) in [6.45, 7) is 3.08. The number of rotatable bonds is 5. The number of hydrogen-bond acceptors (Lipinski definition) is 5. The third-order valence-corrected chi connectivity index (χ3v) is 4.43. The molecule has 3 rings (SSSR count). The van der Waals surface area contributed by atoms with Crippen LogP contribution in [0.2, 0.25) is 0 Å². The minimum Gasteiger partial charge on any atom is -0.497 e. The van der Waals surface area contributed by atoms with E-state index in [-0.39, 0.29) is 0 Å². The molecule has 1 fully saturated rings. The lowest BCUT2D eigenvalue weighted by Crippen LogP contribution is -2.42. The number of amides is 4. The molecular formula is C19H20N4O4. The Morgan fingerprint density at radius 1 is 1.26 bits per heavy atom. The second-order valence-electron chi connectivity index (χ2n) is 6.44. The van der Waals surface area contributed by atoms with Crippen molar-refractivity contribution in [2.75, 3.05) is 19.0 Å². The van der Waals surface area contributed by atoms with Gasteiger partial charge in [0.05, 0.1) is 7.11 Å². The van der Waals surface area contributed by atoms with Crippen molar-refractivity contribution >= 4 is 23.7 Å². The monoisotopic (exact) mass is 368 g/mol. The Bertz CT molecular complexity index is 897. The molecule has 140 valence electrons. The van der Waals surface area contributed by atoms with E-state index in [4.69, 9.17) is 4.74 Å². The molecule has 4 amide bonds. The van der Waals surface area contributed by atoms with Crippen LogP contribution in [-0.2, 0) is 15.1 Å². The molecule has 1 saturated heterocycles. The summed E-state index contributed by atoms with van der Waals surface area (Å²) in [6.07, 6.45) is 1.57. The molecule has 0 spiro atoms. The summed E-state index contributed by atoms with van der Waals surface area (Å²) in [4.78, 5) is 42.4. The van der Waals surface area contributed by atoms with Gasteiger partial charge in [0.1, 0.15) is 23.7 Å². The molecule has 2 heterocycles. The van der Waals surface area contributed by atoms with Crippen molar-refractivity contribution in [3.05, 3.63) is 53.7 Å². The van der Waals surface area contributed by atoms with Crippen molar-refractivity contribution < 1.29 is 19.1 Å². The fourth-order valence-corrected chi connectivity index (χ4v) is 2.89. The zero-order chi connectivity index (χ0) is 19.6. The Kier molecular flexibility index (Phi) is 4.81. The topological polar surface area (TPSA) is 101 Å². The lowest BCUT2D eigenvalue weighted by molar-refractivity contribution is -0.133. The van der Waals surface area contributed by atoms with E-state index >= 15 is 0 Å². The average Bonchev–Trinajstić information content (AvgIpc) is 2.86. The summed E-state index contributed by atoms with van der Waals surface area (Å²) in [6, 6.07) is 9.70. The number of pyridine rings is 1. The SMILES string of the molecule is COc1ccc([C@@]2(C)NC(=O)N(CC(=O)Nc3cc(C)ccn3)C2=O)cc1. The highest BCUT2D eigenvalue weighted by atomic mass is 16.5. The molecule has 1 atom stereocenters. The van der Waals surface area contributed by atoms with E-state index in [1.807, 2.05) is 6.92 Å². The number of methoxy groups -OCH3 is 1. The molecule has 2 aromatic rings. The van der Waals surface area contributed by atoms with Crippen LogP contribution >= 0.6 is 0 Å². The Morgan fingerprint density at radius 3 is 2.59 bits per heavy atom. The number of aryl methyl sites for hydroxylation is 1. The van der Waals surface area contributed by atoms with Crippen molar-refractivity contribution in [3.8, 4) is 5.75 Å². The molecular weight excluding hydrogens is 348 g/mol. The van der Waals surface area contributed by atoms with Gasteiger partial charge >= 0.3 is 6.03 Å². The molecule has 0 bridgehead atoms. The molecule has 27 heavy (non-hydrogen) atoms. The standard InChI is InChI=1S/C19H20N4O4/c1-12-8-9-20-15(10-12)21-16(24)11-23-17(25)19(2,22-18(23)26)13-4-6-14(27-3)7-5-13/h4-10H,11H2,1-3H3,(H,22,26)(H,20,21,24)/t19-/m1/s1. The number of imide groups is 1. The Labute approximate surface area is 156 Å². The maximum atomic E-state index is 12.9. The van der Waals surface area contributed by atoms with Gasteiger partial charge in [-0.2, -0.15) is 0 Å². The maximum absolute atomic E-state index is 12.9. The summed E-state index contributed by atoms with van der Waals surface area (Å²) in [5.74, 6) is 0.00609. The predicted molar refractivity (Wildman–Crippen MR) is 98.2 cm³/mol. The molecule has 8 heteroatoms. The first kappa shape index (κ1) is 18.4. The first-order chi connectivity index (χ1) is 12.8. The highest BCUT2D eigenvalue weighted by Crippen LogP contribution is 2.29. The van der Waals surface area contributed by atoms with Gasteiger partial charge in [-0.25, -0.2) is 9.78 Å². The van der Waals surface area contributed by atoms with E-state index in [2.05, 4.69) is 15.6 Å². The van der Waals surface area contributed by atoms with Gasteiger partial charge in [-0.15, -0.1) is 0 Å². The van der Waals surface area contributed by atoms with Crippen molar-refractivity contribution in [2.24, 2.45) is 0 Å². The van der Waals surface area contributed by atoms with Crippen LogP contribution in [-0.4, -0.2) is 41.4 Å². The van der Waals surface area contributed by atoms with E-state index in [0.29, 0.717) is 17.1 Å². The van der Waals surface area contributed by atoms with Gasteiger partial charge in [0, 0.05) is 6.20 Å². The Morgan fingerprint density at radius 2 is 1.96 bits per heavy atom. The molecule has 1 aromatic heterocycles. The Hall–Kier alpha value is -3.42. The number of anilines is 1. The fourth-order valence-electron chi connectivity index (χ4n) is 2.89. The predicted octanol–water partition coefficient (Wildman–Crippen LogP) is 1.80. The summed E-state index contributed by atoms with van der Waals surface area (Å²) < 4.78 is 5.11. The quantitative estimate of drug-likeness (QED) is 0.784. The van der Waals surface area contributed by atoms with Crippen LogP contribution in [0.1, 0.15) is 18.1 Å². The van der Waals surface area contributed by atoms with Gasteiger partial charge < -0.3 is 15.4 Å². The average molecular weight is 368 g/mol. The fraction of sp³-hybridized carbons (Fsp3) is 0.263. The molecule has 0 saturated carbocycles. The van der Waals surface area contributed by atoms with E-state index in [1.54, 1.807) is 56.6 Å². The smallest absolute Gasteiger partial charge is 0.325 e. The third-order valence-electron chi connectivity index (χ3n) is 4.43. The van der Waals surface area contributed by atoms with E-state index in [0.717, 1.165) is 10.5 Å². The van der Waals surface area contributed by atoms with Gasteiger partial charge in [-0.05, 0) is 49.2 Å². The van der Waals surface area contributed by atoms with Crippen LogP contribution in [0, 0.1) is 6.92 Å². The molecule has 8 nitrogen and oxygen atoms in total. The molecule has 2 N–H and O–H groups in total. The highest BCUT2D eigenvalue weighted by Gasteiger charge is 2.49. The largest absolute Gasteiger partial charge is 0.497 e. The zero-order valence-corrected chi connectivity index (χ0v) is 15.3. The summed E-state index contributed by atoms with van der Waals surface area (Å²) in [5.41, 5.74) is 0.290. The first-order valence-electron chi connectivity index (χ1n) is 8.34. The summed E-state index contributed by atoms with van der Waals surface area (Å²) in [7, 11) is 1.54. The summed E-state index contributed by atoms with van der Waals surface area (Å²) in [5, 5.41) is 5.26. The number of nitrogens with zero attached hydrogens (tertiary/aromatic N) is 2. The number of urea groups is 1. The number of benzene rings is 1. The normalized spacial score (nSPS) is 19.0. The molecule has 0 aliphatic carbocycles. The van der Waals surface area contributed by atoms with Crippen molar-refractivity contribution in [1.82, 2.24) is 15.2 Å². The number of hydrogen-bond donors (Lipinski definition) is 2.